The third kappa shape index (κ3) is 3.75. The molecule has 0 aliphatic rings. The molecule has 0 amide bonds. The number of rotatable bonds is 5. The van der Waals surface area contributed by atoms with Crippen LogP contribution in [0.15, 0.2) is 18.3 Å². The minimum absolute atomic E-state index is 0.218. The molecule has 0 saturated heterocycles. The van der Waals surface area contributed by atoms with Crippen LogP contribution in [-0.4, -0.2) is 26.2 Å². The Morgan fingerprint density at radius 3 is 2.61 bits per heavy atom. The maximum atomic E-state index is 10.9. The summed E-state index contributed by atoms with van der Waals surface area (Å²) in [4.78, 5) is 14.9. The lowest BCUT2D eigenvalue weighted by Gasteiger charge is -2.36. The maximum absolute atomic E-state index is 10.9. The topological polar surface area (TPSA) is 39.2 Å². The number of carbonyl (C=O) groups excluding carboxylic acids is 1. The van der Waals surface area contributed by atoms with E-state index in [2.05, 4.69) is 38.8 Å². The zero-order chi connectivity index (χ0) is 13.8. The molecule has 0 aliphatic carbocycles. The normalized spacial score (nSPS) is 12.5. The van der Waals surface area contributed by atoms with Crippen LogP contribution in [0.4, 0.5) is 0 Å². The Labute approximate surface area is 111 Å². The van der Waals surface area contributed by atoms with Crippen LogP contribution in [0.1, 0.15) is 36.8 Å². The van der Waals surface area contributed by atoms with Gasteiger partial charge in [0.2, 0.25) is 0 Å². The van der Waals surface area contributed by atoms with Gasteiger partial charge in [0.05, 0.1) is 0 Å². The molecule has 0 bridgehead atoms. The van der Waals surface area contributed by atoms with Crippen molar-refractivity contribution in [3.63, 3.8) is 0 Å². The molecule has 0 atom stereocenters. The van der Waals surface area contributed by atoms with Crippen molar-refractivity contribution in [3.8, 4) is 0 Å². The number of aromatic nitrogens is 1. The minimum Gasteiger partial charge on any atom is -0.416 e. The highest BCUT2D eigenvalue weighted by atomic mass is 28.4. The van der Waals surface area contributed by atoms with Crippen LogP contribution in [-0.2, 0) is 10.8 Å². The molecule has 4 heteroatoms. The molecular weight excluding hydrogens is 242 g/mol. The van der Waals surface area contributed by atoms with Crippen LogP contribution < -0.4 is 0 Å². The minimum atomic E-state index is -1.70. The van der Waals surface area contributed by atoms with E-state index >= 15 is 0 Å². The molecule has 1 aromatic heterocycles. The summed E-state index contributed by atoms with van der Waals surface area (Å²) in [5, 5.41) is 0.218. The predicted molar refractivity (Wildman–Crippen MR) is 76.5 cm³/mol. The number of hydrogen-bond acceptors (Lipinski definition) is 3. The largest absolute Gasteiger partial charge is 0.416 e. The third-order valence-electron chi connectivity index (χ3n) is 3.68. The summed E-state index contributed by atoms with van der Waals surface area (Å²) in [5.74, 6) is 0. The van der Waals surface area contributed by atoms with Crippen LogP contribution >= 0.6 is 0 Å². The standard InChI is InChI=1S/C14H23NO2Si/c1-14(2,3)18(4,5)17-10-8-12-7-6-9-15-13(12)11-16/h6-7,9,11H,8,10H2,1-5H3. The van der Waals surface area contributed by atoms with E-state index in [1.807, 2.05) is 12.1 Å². The summed E-state index contributed by atoms with van der Waals surface area (Å²) < 4.78 is 6.09. The van der Waals surface area contributed by atoms with Gasteiger partial charge in [0.1, 0.15) is 5.69 Å². The van der Waals surface area contributed by atoms with Gasteiger partial charge in [0.25, 0.3) is 0 Å². The van der Waals surface area contributed by atoms with Gasteiger partial charge in [-0.1, -0.05) is 26.8 Å². The second-order valence-electron chi connectivity index (χ2n) is 6.02. The van der Waals surface area contributed by atoms with Crippen LogP contribution in [0, 0.1) is 0 Å². The quantitative estimate of drug-likeness (QED) is 0.604. The molecule has 0 saturated carbocycles. The summed E-state index contributed by atoms with van der Waals surface area (Å²) in [6.45, 7) is 11.8. The first-order valence-corrected chi connectivity index (χ1v) is 9.22. The first kappa shape index (κ1) is 15.1. The van der Waals surface area contributed by atoms with Crippen molar-refractivity contribution in [2.75, 3.05) is 6.61 Å². The Balaban J connectivity index is 2.59. The highest BCUT2D eigenvalue weighted by Crippen LogP contribution is 2.36. The average Bonchev–Trinajstić information content (AvgIpc) is 2.28. The first-order chi connectivity index (χ1) is 8.28. The summed E-state index contributed by atoms with van der Waals surface area (Å²) >= 11 is 0. The van der Waals surface area contributed by atoms with Gasteiger partial charge in [-0.2, -0.15) is 0 Å². The Kier molecular flexibility index (Phi) is 4.82. The Hall–Kier alpha value is -1.00. The van der Waals surface area contributed by atoms with Crippen LogP contribution in [0.25, 0.3) is 0 Å². The van der Waals surface area contributed by atoms with Crippen molar-refractivity contribution in [1.29, 1.82) is 0 Å². The van der Waals surface area contributed by atoms with Crippen molar-refractivity contribution < 1.29 is 9.22 Å². The zero-order valence-electron chi connectivity index (χ0n) is 12.0. The molecule has 0 aromatic carbocycles. The lowest BCUT2D eigenvalue weighted by molar-refractivity contribution is 0.111. The molecule has 0 aliphatic heterocycles. The Bertz CT molecular complexity index is 411. The van der Waals surface area contributed by atoms with E-state index in [0.29, 0.717) is 12.3 Å². The van der Waals surface area contributed by atoms with E-state index in [0.717, 1.165) is 18.3 Å². The molecule has 0 spiro atoms. The smallest absolute Gasteiger partial charge is 0.191 e. The lowest BCUT2D eigenvalue weighted by atomic mass is 10.1. The number of pyridine rings is 1. The second-order valence-corrected chi connectivity index (χ2v) is 10.8. The number of carbonyl (C=O) groups is 1. The molecule has 3 nitrogen and oxygen atoms in total. The Morgan fingerprint density at radius 1 is 1.39 bits per heavy atom. The summed E-state index contributed by atoms with van der Waals surface area (Å²) in [6, 6.07) is 3.79. The van der Waals surface area contributed by atoms with Crippen LogP contribution in [0.2, 0.25) is 18.1 Å². The molecule has 0 N–H and O–H groups in total. The van der Waals surface area contributed by atoms with Gasteiger partial charge in [-0.3, -0.25) is 9.78 Å². The van der Waals surface area contributed by atoms with Crippen LogP contribution in [0.3, 0.4) is 0 Å². The molecule has 100 valence electrons. The Morgan fingerprint density at radius 2 is 2.06 bits per heavy atom. The SMILES string of the molecule is CC(C)(C)[Si](C)(C)OCCc1cccnc1C=O. The second kappa shape index (κ2) is 5.76. The predicted octanol–water partition coefficient (Wildman–Crippen LogP) is 3.46. The summed E-state index contributed by atoms with van der Waals surface area (Å²) in [7, 11) is -1.70. The van der Waals surface area contributed by atoms with Gasteiger partial charge in [-0.15, -0.1) is 0 Å². The van der Waals surface area contributed by atoms with E-state index in [1.165, 1.54) is 0 Å². The molecule has 1 aromatic rings. The van der Waals surface area contributed by atoms with Gasteiger partial charge in [0, 0.05) is 12.8 Å². The fourth-order valence-electron chi connectivity index (χ4n) is 1.40. The molecule has 1 heterocycles. The molecule has 0 radical (unpaired) electrons. The fourth-order valence-corrected chi connectivity index (χ4v) is 2.45. The van der Waals surface area contributed by atoms with Gasteiger partial charge in [0.15, 0.2) is 14.6 Å². The molecule has 1 rings (SSSR count). The van der Waals surface area contributed by atoms with E-state index < -0.39 is 8.32 Å². The highest BCUT2D eigenvalue weighted by Gasteiger charge is 2.36. The first-order valence-electron chi connectivity index (χ1n) is 6.31. The van der Waals surface area contributed by atoms with Crippen LogP contribution in [0.5, 0.6) is 0 Å². The fraction of sp³-hybridized carbons (Fsp3) is 0.571. The van der Waals surface area contributed by atoms with E-state index in [-0.39, 0.29) is 5.04 Å². The third-order valence-corrected chi connectivity index (χ3v) is 8.22. The van der Waals surface area contributed by atoms with E-state index in [4.69, 9.17) is 4.43 Å². The summed E-state index contributed by atoms with van der Waals surface area (Å²) in [5.41, 5.74) is 1.49. The van der Waals surface area contributed by atoms with E-state index in [9.17, 15) is 4.79 Å². The van der Waals surface area contributed by atoms with Crippen molar-refractivity contribution >= 4 is 14.6 Å². The van der Waals surface area contributed by atoms with Crippen molar-refractivity contribution in [2.45, 2.75) is 45.3 Å². The number of aldehydes is 1. The van der Waals surface area contributed by atoms with Crippen molar-refractivity contribution in [1.82, 2.24) is 4.98 Å². The summed E-state index contributed by atoms with van der Waals surface area (Å²) in [6.07, 6.45) is 3.19. The van der Waals surface area contributed by atoms with Crippen molar-refractivity contribution in [3.05, 3.63) is 29.6 Å². The average molecular weight is 265 g/mol. The van der Waals surface area contributed by atoms with Gasteiger partial charge in [-0.05, 0) is 36.2 Å². The molecule has 0 fully saturated rings. The van der Waals surface area contributed by atoms with Gasteiger partial charge >= 0.3 is 0 Å². The molecule has 0 unspecified atom stereocenters. The van der Waals surface area contributed by atoms with Crippen molar-refractivity contribution in [2.24, 2.45) is 0 Å². The number of nitrogens with zero attached hydrogens (tertiary/aromatic N) is 1. The zero-order valence-corrected chi connectivity index (χ0v) is 13.0. The van der Waals surface area contributed by atoms with Gasteiger partial charge < -0.3 is 4.43 Å². The van der Waals surface area contributed by atoms with Gasteiger partial charge in [-0.25, -0.2) is 0 Å². The highest BCUT2D eigenvalue weighted by molar-refractivity contribution is 6.74. The maximum Gasteiger partial charge on any atom is 0.191 e. The van der Waals surface area contributed by atoms with E-state index in [1.54, 1.807) is 6.20 Å². The molecular formula is C14H23NO2Si. The molecule has 18 heavy (non-hydrogen) atoms. The number of hydrogen-bond donors (Lipinski definition) is 0. The lowest BCUT2D eigenvalue weighted by Crippen LogP contribution is -2.41. The monoisotopic (exact) mass is 265 g/mol.